The van der Waals surface area contributed by atoms with E-state index in [2.05, 4.69) is 0 Å². The Hall–Kier alpha value is -3.36. The van der Waals surface area contributed by atoms with Gasteiger partial charge in [-0.2, -0.15) is 0 Å². The maximum Gasteiger partial charge on any atom is 0.338 e. The van der Waals surface area contributed by atoms with E-state index in [0.717, 1.165) is 6.07 Å². The molecule has 1 N–H and O–H groups in total. The van der Waals surface area contributed by atoms with Gasteiger partial charge < -0.3 is 23.9 Å². The molecule has 0 radical (unpaired) electrons. The highest BCUT2D eigenvalue weighted by Crippen LogP contribution is 2.31. The number of rotatable bonds is 9. The molecule has 0 aliphatic rings. The number of benzene rings is 2. The second kappa shape index (κ2) is 11.0. The number of pyridine rings is 1. The van der Waals surface area contributed by atoms with Gasteiger partial charge in [0.2, 0.25) is 0 Å². The van der Waals surface area contributed by atoms with Crippen molar-refractivity contribution in [3.05, 3.63) is 81.0 Å². The maximum absolute atomic E-state index is 14.7. The molecule has 0 fully saturated rings. The third-order valence-electron chi connectivity index (χ3n) is 4.74. The predicted molar refractivity (Wildman–Crippen MR) is 121 cm³/mol. The molecule has 2 aromatic carbocycles. The number of nitrogens with zero attached hydrogens (tertiary/aromatic N) is 1. The van der Waals surface area contributed by atoms with E-state index in [-0.39, 0.29) is 54.6 Å². The van der Waals surface area contributed by atoms with Gasteiger partial charge in [-0.3, -0.25) is 4.79 Å². The van der Waals surface area contributed by atoms with Crippen LogP contribution in [0.25, 0.3) is 11.1 Å². The lowest BCUT2D eigenvalue weighted by molar-refractivity contribution is 0.0526. The van der Waals surface area contributed by atoms with Crippen LogP contribution >= 0.6 is 11.6 Å². The highest BCUT2D eigenvalue weighted by atomic mass is 35.5. The first-order chi connectivity index (χ1) is 15.8. The fraction of sp³-hybridized carbons (Fsp3) is 0.250. The number of aromatic hydroxyl groups is 1. The van der Waals surface area contributed by atoms with Crippen LogP contribution in [0, 0.1) is 5.82 Å². The summed E-state index contributed by atoms with van der Waals surface area (Å²) < 4.78 is 32.2. The average molecular weight is 476 g/mol. The van der Waals surface area contributed by atoms with Crippen LogP contribution in [-0.4, -0.2) is 35.5 Å². The van der Waals surface area contributed by atoms with Crippen molar-refractivity contribution in [3.63, 3.8) is 0 Å². The van der Waals surface area contributed by atoms with Crippen LogP contribution < -0.4 is 10.3 Å². The van der Waals surface area contributed by atoms with Gasteiger partial charge in [-0.05, 0) is 43.3 Å². The summed E-state index contributed by atoms with van der Waals surface area (Å²) >= 11 is 5.92. The smallest absolute Gasteiger partial charge is 0.338 e. The topological polar surface area (TPSA) is 87.0 Å². The number of hydrogen-bond donors (Lipinski definition) is 1. The van der Waals surface area contributed by atoms with Gasteiger partial charge in [0.05, 0.1) is 25.4 Å². The lowest BCUT2D eigenvalue weighted by Crippen LogP contribution is -2.17. The molecule has 0 amide bonds. The molecule has 3 aromatic rings. The number of esters is 1. The van der Waals surface area contributed by atoms with Gasteiger partial charge in [0.25, 0.3) is 5.56 Å². The van der Waals surface area contributed by atoms with Gasteiger partial charge >= 0.3 is 5.97 Å². The Morgan fingerprint density at radius 3 is 2.67 bits per heavy atom. The number of hydrogen-bond acceptors (Lipinski definition) is 6. The van der Waals surface area contributed by atoms with Crippen molar-refractivity contribution in [3.8, 4) is 22.6 Å². The quantitative estimate of drug-likeness (QED) is 0.366. The summed E-state index contributed by atoms with van der Waals surface area (Å²) in [6.07, 6.45) is 1.44. The van der Waals surface area contributed by atoms with Gasteiger partial charge in [-0.25, -0.2) is 9.18 Å². The molecule has 174 valence electrons. The molecule has 0 saturated heterocycles. The maximum atomic E-state index is 14.7. The van der Waals surface area contributed by atoms with Crippen LogP contribution in [-0.2, 0) is 23.1 Å². The Bertz CT molecular complexity index is 1210. The second-order valence-corrected chi connectivity index (χ2v) is 7.53. The molecule has 7 nitrogen and oxygen atoms in total. The molecule has 9 heteroatoms. The molecule has 0 aliphatic heterocycles. The summed E-state index contributed by atoms with van der Waals surface area (Å²) in [4.78, 5) is 24.2. The minimum absolute atomic E-state index is 0.0562. The molecule has 0 bridgehead atoms. The minimum atomic E-state index is -0.584. The first-order valence-corrected chi connectivity index (χ1v) is 10.5. The van der Waals surface area contributed by atoms with Crippen molar-refractivity contribution in [1.29, 1.82) is 0 Å². The predicted octanol–water partition coefficient (Wildman–Crippen LogP) is 4.32. The van der Waals surface area contributed by atoms with Crippen LogP contribution in [0.4, 0.5) is 4.39 Å². The Morgan fingerprint density at radius 1 is 1.12 bits per heavy atom. The van der Waals surface area contributed by atoms with Crippen LogP contribution in [0.2, 0.25) is 5.02 Å². The highest BCUT2D eigenvalue weighted by molar-refractivity contribution is 6.30. The van der Waals surface area contributed by atoms with Gasteiger partial charge in [-0.15, -0.1) is 0 Å². The van der Waals surface area contributed by atoms with E-state index >= 15 is 0 Å². The molecule has 1 aromatic heterocycles. The summed E-state index contributed by atoms with van der Waals surface area (Å²) in [6.45, 7) is 2.16. The molecular formula is C24H23ClFNO6. The van der Waals surface area contributed by atoms with Crippen molar-refractivity contribution in [2.24, 2.45) is 7.05 Å². The summed E-state index contributed by atoms with van der Waals surface area (Å²) in [5.41, 5.74) is 0.747. The molecule has 0 saturated carbocycles. The van der Waals surface area contributed by atoms with E-state index < -0.39 is 11.8 Å². The fourth-order valence-electron chi connectivity index (χ4n) is 3.07. The van der Waals surface area contributed by atoms with Crippen LogP contribution in [0.3, 0.4) is 0 Å². The summed E-state index contributed by atoms with van der Waals surface area (Å²) in [7, 11) is 1.53. The molecule has 1 heterocycles. The van der Waals surface area contributed by atoms with Crippen LogP contribution in [0.15, 0.2) is 53.5 Å². The highest BCUT2D eigenvalue weighted by Gasteiger charge is 2.17. The van der Waals surface area contributed by atoms with Crippen LogP contribution in [0.5, 0.6) is 11.5 Å². The molecule has 0 unspecified atom stereocenters. The van der Waals surface area contributed by atoms with E-state index in [1.165, 1.54) is 42.1 Å². The monoisotopic (exact) mass is 475 g/mol. The Balaban J connectivity index is 1.77. The Labute approximate surface area is 194 Å². The fourth-order valence-corrected chi connectivity index (χ4v) is 3.26. The van der Waals surface area contributed by atoms with Crippen molar-refractivity contribution in [2.75, 3.05) is 19.8 Å². The number of phenols is 1. The molecule has 3 rings (SSSR count). The minimum Gasteiger partial charge on any atom is -0.508 e. The molecular weight excluding hydrogens is 453 g/mol. The lowest BCUT2D eigenvalue weighted by Gasteiger charge is -2.14. The van der Waals surface area contributed by atoms with E-state index in [1.54, 1.807) is 19.1 Å². The number of carbonyl (C=O) groups excluding carboxylic acids is 1. The Kier molecular flexibility index (Phi) is 8.08. The van der Waals surface area contributed by atoms with E-state index in [4.69, 9.17) is 25.8 Å². The standard InChI is InChI=1S/C24H23ClFNO6/c1-3-32-24(30)15-4-6-20(26)18(11-15)19-13-27(2)23(29)12-22(19)33-9-8-31-14-16-10-17(25)5-7-21(16)28/h4-7,10-13,28H,3,8-9,14H2,1-2H3. The summed E-state index contributed by atoms with van der Waals surface area (Å²) in [6, 6.07) is 9.73. The number of carbonyl (C=O) groups is 1. The third-order valence-corrected chi connectivity index (χ3v) is 4.98. The zero-order valence-electron chi connectivity index (χ0n) is 18.1. The Morgan fingerprint density at radius 2 is 1.91 bits per heavy atom. The van der Waals surface area contributed by atoms with Gasteiger partial charge in [0.15, 0.2) is 0 Å². The SMILES string of the molecule is CCOC(=O)c1ccc(F)c(-c2cn(C)c(=O)cc2OCCOCc2cc(Cl)ccc2O)c1. The number of phenolic OH excluding ortho intramolecular Hbond substituents is 1. The number of aromatic nitrogens is 1. The zero-order chi connectivity index (χ0) is 24.0. The van der Waals surface area contributed by atoms with Gasteiger partial charge in [0, 0.05) is 41.0 Å². The third kappa shape index (κ3) is 6.12. The van der Waals surface area contributed by atoms with E-state index in [0.29, 0.717) is 16.1 Å². The van der Waals surface area contributed by atoms with Crippen molar-refractivity contribution < 1.29 is 28.5 Å². The first-order valence-electron chi connectivity index (χ1n) is 10.2. The molecule has 33 heavy (non-hydrogen) atoms. The van der Waals surface area contributed by atoms with Crippen molar-refractivity contribution in [1.82, 2.24) is 4.57 Å². The summed E-state index contributed by atoms with van der Waals surface area (Å²) in [5.74, 6) is -0.957. The largest absolute Gasteiger partial charge is 0.508 e. The number of aryl methyl sites for hydroxylation is 1. The number of ether oxygens (including phenoxy) is 3. The van der Waals surface area contributed by atoms with Crippen LogP contribution in [0.1, 0.15) is 22.8 Å². The van der Waals surface area contributed by atoms with Gasteiger partial charge in [-0.1, -0.05) is 11.6 Å². The lowest BCUT2D eigenvalue weighted by atomic mass is 10.0. The average Bonchev–Trinajstić information content (AvgIpc) is 2.78. The molecule has 0 spiro atoms. The van der Waals surface area contributed by atoms with E-state index in [9.17, 15) is 19.1 Å². The summed E-state index contributed by atoms with van der Waals surface area (Å²) in [5, 5.41) is 10.3. The molecule has 0 aliphatic carbocycles. The van der Waals surface area contributed by atoms with Crippen molar-refractivity contribution >= 4 is 17.6 Å². The normalized spacial score (nSPS) is 10.8. The number of halogens is 2. The van der Waals surface area contributed by atoms with Crippen molar-refractivity contribution in [2.45, 2.75) is 13.5 Å². The second-order valence-electron chi connectivity index (χ2n) is 7.09. The molecule has 0 atom stereocenters. The van der Waals surface area contributed by atoms with Gasteiger partial charge in [0.1, 0.15) is 23.9 Å². The van der Waals surface area contributed by atoms with E-state index in [1.807, 2.05) is 0 Å². The zero-order valence-corrected chi connectivity index (χ0v) is 18.9. The first kappa shape index (κ1) is 24.3.